The Morgan fingerprint density at radius 1 is 1.40 bits per heavy atom. The van der Waals surface area contributed by atoms with Crippen molar-refractivity contribution < 1.29 is 14.1 Å². The van der Waals surface area contributed by atoms with Crippen LogP contribution in [-0.4, -0.2) is 43.3 Å². The summed E-state index contributed by atoms with van der Waals surface area (Å²) in [5.74, 6) is -0.979. The summed E-state index contributed by atoms with van der Waals surface area (Å²) in [6.07, 6.45) is 1.63. The summed E-state index contributed by atoms with van der Waals surface area (Å²) in [7, 11) is -0.954. The molecule has 2 N–H and O–H groups in total. The van der Waals surface area contributed by atoms with E-state index in [-0.39, 0.29) is 11.1 Å². The highest BCUT2D eigenvalue weighted by Crippen LogP contribution is 2.20. The molecule has 0 saturated heterocycles. The van der Waals surface area contributed by atoms with Crippen molar-refractivity contribution in [2.45, 2.75) is 12.2 Å². The second kappa shape index (κ2) is 5.96. The van der Waals surface area contributed by atoms with Gasteiger partial charge in [0.05, 0.1) is 5.52 Å². The molecule has 0 aliphatic carbocycles. The molecule has 106 valence electrons. The minimum atomic E-state index is -1.18. The summed E-state index contributed by atoms with van der Waals surface area (Å²) in [5, 5.41) is 12.8. The lowest BCUT2D eigenvalue weighted by atomic mass is 10.2. The van der Waals surface area contributed by atoms with Gasteiger partial charge in [-0.25, -0.2) is 14.8 Å². The molecule has 0 spiro atoms. The van der Waals surface area contributed by atoms with Crippen LogP contribution < -0.4 is 5.32 Å². The first-order valence-corrected chi connectivity index (χ1v) is 7.67. The lowest BCUT2D eigenvalue weighted by Gasteiger charge is -2.12. The van der Waals surface area contributed by atoms with E-state index in [9.17, 15) is 9.00 Å². The number of benzene rings is 1. The number of fused-ring (bicyclic) bond motifs is 1. The summed E-state index contributed by atoms with van der Waals surface area (Å²) in [6.45, 7) is 2.30. The van der Waals surface area contributed by atoms with Gasteiger partial charge in [-0.05, 0) is 19.1 Å². The van der Waals surface area contributed by atoms with Crippen molar-refractivity contribution in [2.24, 2.45) is 0 Å². The molecule has 2 aromatic rings. The SMILES string of the molecule is CC(CNc1nc(C(=O)O)nc2ccccc12)S(C)=O. The van der Waals surface area contributed by atoms with Crippen LogP contribution in [0.3, 0.4) is 0 Å². The number of aromatic nitrogens is 2. The van der Waals surface area contributed by atoms with Gasteiger partial charge in [0, 0.05) is 34.2 Å². The van der Waals surface area contributed by atoms with Crippen molar-refractivity contribution in [2.75, 3.05) is 18.1 Å². The molecule has 6 nitrogen and oxygen atoms in total. The van der Waals surface area contributed by atoms with Gasteiger partial charge in [-0.3, -0.25) is 4.21 Å². The van der Waals surface area contributed by atoms with Gasteiger partial charge >= 0.3 is 5.97 Å². The number of nitrogens with one attached hydrogen (secondary N) is 1. The van der Waals surface area contributed by atoms with Gasteiger partial charge in [-0.1, -0.05) is 12.1 Å². The van der Waals surface area contributed by atoms with Crippen LogP contribution in [0.5, 0.6) is 0 Å². The number of hydrogen-bond donors (Lipinski definition) is 2. The lowest BCUT2D eigenvalue weighted by Crippen LogP contribution is -2.21. The Morgan fingerprint density at radius 3 is 2.75 bits per heavy atom. The first-order valence-electron chi connectivity index (χ1n) is 6.05. The van der Waals surface area contributed by atoms with E-state index >= 15 is 0 Å². The molecule has 2 unspecified atom stereocenters. The minimum absolute atomic E-state index is 0.0583. The number of carboxylic acids is 1. The van der Waals surface area contributed by atoms with Gasteiger partial charge in [0.2, 0.25) is 5.82 Å². The standard InChI is InChI=1S/C13H15N3O3S/c1-8(20(2)19)7-14-11-9-5-3-4-6-10(9)15-12(16-11)13(17)18/h3-6,8H,7H2,1-2H3,(H,17,18)(H,14,15,16). The van der Waals surface area contributed by atoms with Crippen molar-refractivity contribution in [3.8, 4) is 0 Å². The molecule has 2 atom stereocenters. The summed E-state index contributed by atoms with van der Waals surface area (Å²) in [4.78, 5) is 19.0. The van der Waals surface area contributed by atoms with Crippen molar-refractivity contribution >= 4 is 33.5 Å². The molecule has 0 aliphatic heterocycles. The summed E-state index contributed by atoms with van der Waals surface area (Å²) < 4.78 is 11.3. The van der Waals surface area contributed by atoms with E-state index in [1.54, 1.807) is 18.4 Å². The van der Waals surface area contributed by atoms with Crippen molar-refractivity contribution in [3.63, 3.8) is 0 Å². The number of para-hydroxylation sites is 1. The van der Waals surface area contributed by atoms with E-state index in [4.69, 9.17) is 5.11 Å². The highest BCUT2D eigenvalue weighted by molar-refractivity contribution is 7.84. The zero-order valence-electron chi connectivity index (χ0n) is 11.2. The second-order valence-corrected chi connectivity index (χ2v) is 6.21. The van der Waals surface area contributed by atoms with Crippen LogP contribution in [0.15, 0.2) is 24.3 Å². The van der Waals surface area contributed by atoms with Gasteiger partial charge in [0.15, 0.2) is 0 Å². The zero-order chi connectivity index (χ0) is 14.7. The first-order chi connectivity index (χ1) is 9.49. The molecule has 2 rings (SSSR count). The van der Waals surface area contributed by atoms with Crippen molar-refractivity contribution in [3.05, 3.63) is 30.1 Å². The Kier molecular flexibility index (Phi) is 4.29. The fourth-order valence-corrected chi connectivity index (χ4v) is 1.98. The summed E-state index contributed by atoms with van der Waals surface area (Å²) >= 11 is 0. The Morgan fingerprint density at radius 2 is 2.10 bits per heavy atom. The van der Waals surface area contributed by atoms with Crippen LogP contribution in [0, 0.1) is 0 Å². The number of anilines is 1. The first kappa shape index (κ1) is 14.4. The molecule has 0 aliphatic rings. The maximum Gasteiger partial charge on any atom is 0.374 e. The largest absolute Gasteiger partial charge is 0.475 e. The molecule has 20 heavy (non-hydrogen) atoms. The summed E-state index contributed by atoms with van der Waals surface area (Å²) in [5.41, 5.74) is 0.563. The van der Waals surface area contributed by atoms with E-state index in [0.717, 1.165) is 5.39 Å². The van der Waals surface area contributed by atoms with E-state index < -0.39 is 16.8 Å². The number of nitrogens with zero attached hydrogens (tertiary/aromatic N) is 2. The Hall–Kier alpha value is -2.02. The number of carbonyl (C=O) groups is 1. The fraction of sp³-hybridized carbons (Fsp3) is 0.308. The van der Waals surface area contributed by atoms with Gasteiger partial charge in [0.1, 0.15) is 5.82 Å². The molecular formula is C13H15N3O3S. The van der Waals surface area contributed by atoms with Crippen LogP contribution in [0.1, 0.15) is 17.5 Å². The number of hydrogen-bond acceptors (Lipinski definition) is 5. The molecular weight excluding hydrogens is 278 g/mol. The summed E-state index contributed by atoms with van der Waals surface area (Å²) in [6, 6.07) is 7.17. The van der Waals surface area contributed by atoms with E-state index in [1.165, 1.54) is 0 Å². The van der Waals surface area contributed by atoms with Gasteiger partial charge < -0.3 is 10.4 Å². The third-order valence-corrected chi connectivity index (χ3v) is 4.22. The second-order valence-electron chi connectivity index (χ2n) is 4.41. The average Bonchev–Trinajstić information content (AvgIpc) is 2.43. The van der Waals surface area contributed by atoms with Gasteiger partial charge in [-0.2, -0.15) is 0 Å². The monoisotopic (exact) mass is 293 g/mol. The smallest absolute Gasteiger partial charge is 0.374 e. The lowest BCUT2D eigenvalue weighted by molar-refractivity contribution is 0.0684. The maximum atomic E-state index is 11.3. The van der Waals surface area contributed by atoms with Crippen LogP contribution in [-0.2, 0) is 10.8 Å². The van der Waals surface area contributed by atoms with E-state index in [2.05, 4.69) is 15.3 Å². The maximum absolute atomic E-state index is 11.3. The van der Waals surface area contributed by atoms with Crippen molar-refractivity contribution in [1.29, 1.82) is 0 Å². The Bertz CT molecular complexity index is 675. The highest BCUT2D eigenvalue weighted by Gasteiger charge is 2.13. The molecule has 0 bridgehead atoms. The van der Waals surface area contributed by atoms with Crippen molar-refractivity contribution in [1.82, 2.24) is 9.97 Å². The number of rotatable bonds is 5. The molecule has 1 aromatic heterocycles. The third kappa shape index (κ3) is 3.11. The van der Waals surface area contributed by atoms with Crippen LogP contribution >= 0.6 is 0 Å². The Balaban J connectivity index is 2.39. The molecule has 0 amide bonds. The van der Waals surface area contributed by atoms with Crippen LogP contribution in [0.4, 0.5) is 5.82 Å². The molecule has 0 saturated carbocycles. The van der Waals surface area contributed by atoms with E-state index in [1.807, 2.05) is 19.1 Å². The topological polar surface area (TPSA) is 92.2 Å². The number of aromatic carboxylic acids is 1. The van der Waals surface area contributed by atoms with Gasteiger partial charge in [-0.15, -0.1) is 0 Å². The normalized spacial score (nSPS) is 13.9. The minimum Gasteiger partial charge on any atom is -0.475 e. The molecule has 1 heterocycles. The average molecular weight is 293 g/mol. The highest BCUT2D eigenvalue weighted by atomic mass is 32.2. The molecule has 0 radical (unpaired) electrons. The zero-order valence-corrected chi connectivity index (χ0v) is 12.0. The fourth-order valence-electron chi connectivity index (χ4n) is 1.66. The molecule has 1 aromatic carbocycles. The van der Waals surface area contributed by atoms with Crippen LogP contribution in [0.2, 0.25) is 0 Å². The Labute approximate surface area is 118 Å². The van der Waals surface area contributed by atoms with E-state index in [0.29, 0.717) is 17.9 Å². The molecule has 0 fully saturated rings. The third-order valence-electron chi connectivity index (χ3n) is 2.92. The molecule has 7 heteroatoms. The van der Waals surface area contributed by atoms with Crippen LogP contribution in [0.25, 0.3) is 10.9 Å². The van der Waals surface area contributed by atoms with Gasteiger partial charge in [0.25, 0.3) is 0 Å². The predicted octanol–water partition coefficient (Wildman–Crippen LogP) is 1.51. The predicted molar refractivity (Wildman–Crippen MR) is 78.5 cm³/mol. The quantitative estimate of drug-likeness (QED) is 0.868. The number of carboxylic acid groups (broad SMARTS) is 1.